The monoisotopic (exact) mass is 298 g/mol. The Bertz CT molecular complexity index is 336. The highest BCUT2D eigenvalue weighted by Crippen LogP contribution is 2.26. The highest BCUT2D eigenvalue weighted by Gasteiger charge is 2.32. The quantitative estimate of drug-likeness (QED) is 0.861. The van der Waals surface area contributed by atoms with Crippen LogP contribution in [-0.2, 0) is 4.74 Å². The van der Waals surface area contributed by atoms with E-state index in [4.69, 9.17) is 4.74 Å². The fourth-order valence-corrected chi connectivity index (χ4v) is 2.85. The van der Waals surface area contributed by atoms with E-state index in [1.54, 1.807) is 0 Å². The van der Waals surface area contributed by atoms with Crippen molar-refractivity contribution in [2.75, 3.05) is 13.1 Å². The zero-order valence-electron chi connectivity index (χ0n) is 14.9. The van der Waals surface area contributed by atoms with E-state index in [0.717, 1.165) is 25.9 Å². The summed E-state index contributed by atoms with van der Waals surface area (Å²) in [7, 11) is 0. The third kappa shape index (κ3) is 6.25. The molecule has 3 unspecified atom stereocenters. The molecule has 0 spiro atoms. The van der Waals surface area contributed by atoms with Crippen LogP contribution in [0.1, 0.15) is 61.3 Å². The number of rotatable bonds is 4. The van der Waals surface area contributed by atoms with Crippen molar-refractivity contribution in [1.29, 1.82) is 0 Å². The second-order valence-electron chi connectivity index (χ2n) is 7.79. The van der Waals surface area contributed by atoms with Gasteiger partial charge in [0.05, 0.1) is 0 Å². The van der Waals surface area contributed by atoms with Crippen LogP contribution in [0.4, 0.5) is 4.79 Å². The molecular formula is C17H34N2O2. The number of hydrogen-bond donors (Lipinski definition) is 1. The van der Waals surface area contributed by atoms with Gasteiger partial charge in [-0.2, -0.15) is 0 Å². The number of amides is 1. The van der Waals surface area contributed by atoms with Gasteiger partial charge in [0.1, 0.15) is 5.60 Å². The summed E-state index contributed by atoms with van der Waals surface area (Å²) in [5, 5.41) is 3.07. The van der Waals surface area contributed by atoms with Crippen LogP contribution in [0.3, 0.4) is 0 Å². The maximum absolute atomic E-state index is 12.0. The minimum absolute atomic E-state index is 0.190. The van der Waals surface area contributed by atoms with Crippen LogP contribution in [0.15, 0.2) is 0 Å². The molecule has 0 aliphatic carbocycles. The van der Waals surface area contributed by atoms with Crippen molar-refractivity contribution in [2.45, 2.75) is 79.0 Å². The Hall–Kier alpha value is -0.770. The van der Waals surface area contributed by atoms with E-state index in [9.17, 15) is 4.79 Å². The Kier molecular flexibility index (Phi) is 6.51. The molecule has 1 aliphatic heterocycles. The van der Waals surface area contributed by atoms with E-state index in [1.807, 2.05) is 20.8 Å². The molecule has 124 valence electrons. The summed E-state index contributed by atoms with van der Waals surface area (Å²) in [6.45, 7) is 16.8. The van der Waals surface area contributed by atoms with Gasteiger partial charge in [-0.05, 0) is 52.4 Å². The SMILES string of the molecule is CCC(C)N1CC(NC(=O)OC(C)(C)C)CC(C(C)C)C1. The highest BCUT2D eigenvalue weighted by molar-refractivity contribution is 5.68. The van der Waals surface area contributed by atoms with Crippen LogP contribution < -0.4 is 5.32 Å². The van der Waals surface area contributed by atoms with Gasteiger partial charge >= 0.3 is 6.09 Å². The summed E-state index contributed by atoms with van der Waals surface area (Å²) in [6.07, 6.45) is 1.90. The zero-order chi connectivity index (χ0) is 16.2. The van der Waals surface area contributed by atoms with Crippen molar-refractivity contribution in [2.24, 2.45) is 11.8 Å². The molecule has 1 saturated heterocycles. The number of ether oxygens (including phenoxy) is 1. The lowest BCUT2D eigenvalue weighted by atomic mass is 9.85. The van der Waals surface area contributed by atoms with Crippen molar-refractivity contribution in [3.05, 3.63) is 0 Å². The van der Waals surface area contributed by atoms with Gasteiger partial charge in [-0.15, -0.1) is 0 Å². The second kappa shape index (κ2) is 7.48. The van der Waals surface area contributed by atoms with E-state index < -0.39 is 5.60 Å². The third-order valence-electron chi connectivity index (χ3n) is 4.39. The maximum atomic E-state index is 12.0. The van der Waals surface area contributed by atoms with Crippen LogP contribution in [-0.4, -0.2) is 41.8 Å². The third-order valence-corrected chi connectivity index (χ3v) is 4.39. The molecule has 0 aromatic rings. The fourth-order valence-electron chi connectivity index (χ4n) is 2.85. The predicted octanol–water partition coefficient (Wildman–Crippen LogP) is 3.66. The molecule has 1 fully saturated rings. The summed E-state index contributed by atoms with van der Waals surface area (Å²) < 4.78 is 5.39. The summed E-state index contributed by atoms with van der Waals surface area (Å²) in [6, 6.07) is 0.754. The van der Waals surface area contributed by atoms with Gasteiger partial charge in [0, 0.05) is 25.2 Å². The second-order valence-corrected chi connectivity index (χ2v) is 7.79. The van der Waals surface area contributed by atoms with E-state index >= 15 is 0 Å². The van der Waals surface area contributed by atoms with Crippen molar-refractivity contribution >= 4 is 6.09 Å². The topological polar surface area (TPSA) is 41.6 Å². The molecule has 0 bridgehead atoms. The first-order valence-corrected chi connectivity index (χ1v) is 8.36. The first kappa shape index (κ1) is 18.3. The largest absolute Gasteiger partial charge is 0.444 e. The Morgan fingerprint density at radius 2 is 1.90 bits per heavy atom. The van der Waals surface area contributed by atoms with Crippen LogP contribution >= 0.6 is 0 Å². The van der Waals surface area contributed by atoms with Crippen molar-refractivity contribution in [3.63, 3.8) is 0 Å². The normalized spacial score (nSPS) is 25.7. The molecule has 1 heterocycles. The Morgan fingerprint density at radius 1 is 1.29 bits per heavy atom. The maximum Gasteiger partial charge on any atom is 0.407 e. The summed E-state index contributed by atoms with van der Waals surface area (Å²) in [4.78, 5) is 14.5. The van der Waals surface area contributed by atoms with Gasteiger partial charge in [0.15, 0.2) is 0 Å². The van der Waals surface area contributed by atoms with Crippen LogP contribution in [0.25, 0.3) is 0 Å². The average molecular weight is 298 g/mol. The van der Waals surface area contributed by atoms with Crippen LogP contribution in [0.5, 0.6) is 0 Å². The van der Waals surface area contributed by atoms with Gasteiger partial charge in [-0.3, -0.25) is 4.90 Å². The average Bonchev–Trinajstić information content (AvgIpc) is 2.34. The fraction of sp³-hybridized carbons (Fsp3) is 0.941. The summed E-state index contributed by atoms with van der Waals surface area (Å²) >= 11 is 0. The Morgan fingerprint density at radius 3 is 2.38 bits per heavy atom. The smallest absolute Gasteiger partial charge is 0.407 e. The molecule has 0 aromatic heterocycles. The minimum atomic E-state index is -0.438. The molecule has 3 atom stereocenters. The highest BCUT2D eigenvalue weighted by atomic mass is 16.6. The van der Waals surface area contributed by atoms with Gasteiger partial charge in [0.25, 0.3) is 0 Å². The Balaban J connectivity index is 2.65. The number of carbonyl (C=O) groups is 1. The molecule has 1 N–H and O–H groups in total. The number of alkyl carbamates (subject to hydrolysis) is 1. The molecule has 0 radical (unpaired) electrons. The molecular weight excluding hydrogens is 264 g/mol. The van der Waals surface area contributed by atoms with Crippen molar-refractivity contribution < 1.29 is 9.53 Å². The van der Waals surface area contributed by atoms with Gasteiger partial charge < -0.3 is 10.1 Å². The molecule has 1 aliphatic rings. The van der Waals surface area contributed by atoms with Gasteiger partial charge in [-0.25, -0.2) is 4.79 Å². The number of likely N-dealkylation sites (tertiary alicyclic amines) is 1. The molecule has 4 heteroatoms. The Labute approximate surface area is 130 Å². The zero-order valence-corrected chi connectivity index (χ0v) is 14.9. The van der Waals surface area contributed by atoms with Gasteiger partial charge in [0.2, 0.25) is 0 Å². The first-order valence-electron chi connectivity index (χ1n) is 8.36. The lowest BCUT2D eigenvalue weighted by Gasteiger charge is -2.42. The van der Waals surface area contributed by atoms with E-state index in [-0.39, 0.29) is 12.1 Å². The number of carbonyl (C=O) groups excluding carboxylic acids is 1. The number of piperidine rings is 1. The molecule has 21 heavy (non-hydrogen) atoms. The molecule has 4 nitrogen and oxygen atoms in total. The number of nitrogens with zero attached hydrogens (tertiary/aromatic N) is 1. The summed E-state index contributed by atoms with van der Waals surface area (Å²) in [5.41, 5.74) is -0.438. The van der Waals surface area contributed by atoms with Crippen LogP contribution in [0, 0.1) is 11.8 Å². The molecule has 1 rings (SSSR count). The number of nitrogens with one attached hydrogen (secondary N) is 1. The standard InChI is InChI=1S/C17H34N2O2/c1-8-13(4)19-10-14(12(2)3)9-15(11-19)18-16(20)21-17(5,6)7/h12-15H,8-11H2,1-7H3,(H,18,20). The predicted molar refractivity (Wildman–Crippen MR) is 87.4 cm³/mol. The van der Waals surface area contributed by atoms with E-state index in [0.29, 0.717) is 17.9 Å². The lowest BCUT2D eigenvalue weighted by molar-refractivity contribution is 0.0387. The van der Waals surface area contributed by atoms with Crippen molar-refractivity contribution in [3.8, 4) is 0 Å². The summed E-state index contributed by atoms with van der Waals surface area (Å²) in [5.74, 6) is 1.27. The van der Waals surface area contributed by atoms with E-state index in [1.165, 1.54) is 0 Å². The van der Waals surface area contributed by atoms with E-state index in [2.05, 4.69) is 37.9 Å². The first-order chi connectivity index (χ1) is 9.62. The van der Waals surface area contributed by atoms with Crippen molar-refractivity contribution in [1.82, 2.24) is 10.2 Å². The lowest BCUT2D eigenvalue weighted by Crippen LogP contribution is -2.54. The van der Waals surface area contributed by atoms with Crippen LogP contribution in [0.2, 0.25) is 0 Å². The molecule has 1 amide bonds. The number of hydrogen-bond acceptors (Lipinski definition) is 3. The minimum Gasteiger partial charge on any atom is -0.444 e. The molecule has 0 saturated carbocycles. The molecule has 0 aromatic carbocycles. The van der Waals surface area contributed by atoms with Gasteiger partial charge in [-0.1, -0.05) is 20.8 Å².